The first-order valence-corrected chi connectivity index (χ1v) is 9.52. The van der Waals surface area contributed by atoms with Gasteiger partial charge in [-0.2, -0.15) is 12.6 Å². The smallest absolute Gasteiger partial charge is 0.243 e. The summed E-state index contributed by atoms with van der Waals surface area (Å²) in [7, 11) is 0. The average molecular weight is 358 g/mol. The Morgan fingerprint density at radius 1 is 1.24 bits per heavy atom. The van der Waals surface area contributed by atoms with Gasteiger partial charge in [0.15, 0.2) is 0 Å². The molecule has 25 heavy (non-hydrogen) atoms. The molecular weight excluding hydrogens is 336 g/mol. The Morgan fingerprint density at radius 3 is 2.84 bits per heavy atom. The molecule has 1 aromatic rings. The first-order valence-electron chi connectivity index (χ1n) is 9.00. The predicted octanol–water partition coefficient (Wildman–Crippen LogP) is 0.786. The van der Waals surface area contributed by atoms with Crippen molar-refractivity contribution in [2.45, 2.75) is 49.3 Å². The van der Waals surface area contributed by atoms with Gasteiger partial charge in [0.1, 0.15) is 0 Å². The number of rotatable bonds is 2. The normalized spacial score (nSPS) is 34.5. The molecule has 6 nitrogen and oxygen atoms in total. The quantitative estimate of drug-likeness (QED) is 0.539. The topological polar surface area (TPSA) is 64.7 Å². The zero-order valence-corrected chi connectivity index (χ0v) is 14.8. The van der Waals surface area contributed by atoms with Crippen LogP contribution in [0.3, 0.4) is 0 Å². The molecule has 2 N–H and O–H groups in total. The van der Waals surface area contributed by atoms with E-state index in [-0.39, 0.29) is 23.2 Å². The second-order valence-electron chi connectivity index (χ2n) is 7.54. The van der Waals surface area contributed by atoms with Gasteiger partial charge in [-0.25, -0.2) is 0 Å². The molecule has 0 radical (unpaired) electrons. The van der Waals surface area contributed by atoms with E-state index in [0.717, 1.165) is 13.1 Å². The maximum absolute atomic E-state index is 12.2. The van der Waals surface area contributed by atoms with Crippen molar-refractivity contribution in [1.82, 2.24) is 15.5 Å². The molecule has 0 spiro atoms. The molecule has 3 fully saturated rings. The van der Waals surface area contributed by atoms with E-state index in [1.807, 2.05) is 0 Å². The van der Waals surface area contributed by atoms with Crippen LogP contribution >= 0.6 is 12.6 Å². The number of imide groups is 1. The lowest BCUT2D eigenvalue weighted by Gasteiger charge is -2.32. The molecule has 132 valence electrons. The van der Waals surface area contributed by atoms with Gasteiger partial charge in [0.05, 0.1) is 11.4 Å². The van der Waals surface area contributed by atoms with Crippen LogP contribution < -0.4 is 15.5 Å². The number of piperazine rings is 1. The molecule has 5 rings (SSSR count). The van der Waals surface area contributed by atoms with Gasteiger partial charge in [-0.1, -0.05) is 6.07 Å². The second kappa shape index (κ2) is 5.72. The number of hydrogen-bond donors (Lipinski definition) is 3. The summed E-state index contributed by atoms with van der Waals surface area (Å²) in [6, 6.07) is 7.57. The van der Waals surface area contributed by atoms with Crippen LogP contribution in [-0.2, 0) is 16.1 Å². The monoisotopic (exact) mass is 358 g/mol. The van der Waals surface area contributed by atoms with Gasteiger partial charge >= 0.3 is 0 Å². The van der Waals surface area contributed by atoms with E-state index in [0.29, 0.717) is 31.5 Å². The molecule has 0 aromatic heterocycles. The number of carbonyl (C=O) groups is 2. The maximum atomic E-state index is 12.2. The predicted molar refractivity (Wildman–Crippen MR) is 97.4 cm³/mol. The van der Waals surface area contributed by atoms with E-state index in [9.17, 15) is 9.59 Å². The minimum absolute atomic E-state index is 0.0929. The minimum Gasteiger partial charge on any atom is -0.366 e. The molecule has 0 aliphatic carbocycles. The van der Waals surface area contributed by atoms with Gasteiger partial charge < -0.3 is 10.2 Å². The number of carbonyl (C=O) groups excluding carboxylic acids is 2. The minimum atomic E-state index is -0.275. The summed E-state index contributed by atoms with van der Waals surface area (Å²) in [6.07, 6.45) is 2.21. The number of anilines is 1. The number of benzene rings is 1. The Hall–Kier alpha value is -1.57. The van der Waals surface area contributed by atoms with Crippen molar-refractivity contribution in [1.29, 1.82) is 0 Å². The van der Waals surface area contributed by atoms with E-state index in [4.69, 9.17) is 12.6 Å². The summed E-state index contributed by atoms with van der Waals surface area (Å²) < 4.78 is 0. The zero-order chi connectivity index (χ0) is 17.1. The number of hydrogen-bond acceptors (Lipinski definition) is 6. The van der Waals surface area contributed by atoms with E-state index in [2.05, 4.69) is 38.6 Å². The highest BCUT2D eigenvalue weighted by molar-refractivity contribution is 7.80. The molecule has 4 atom stereocenters. The highest BCUT2D eigenvalue weighted by Crippen LogP contribution is 2.41. The molecule has 3 saturated heterocycles. The van der Waals surface area contributed by atoms with Crippen molar-refractivity contribution in [2.75, 3.05) is 18.0 Å². The average Bonchev–Trinajstić information content (AvgIpc) is 3.30. The summed E-state index contributed by atoms with van der Waals surface area (Å²) in [5.74, 6) is -0.361. The molecule has 4 heterocycles. The standard InChI is InChI=1S/C18H22N4O2S/c23-16-4-3-15(17(24)20-16)22-8-10-5-12(1-2-14(10)18(22)25)21-9-11-6-13(21)7-19-11/h1-2,5,11,13,15,18-19,25H,3-4,6-9H2,(H,20,23,24)/t11-,13-,15?,18?/m0/s1. The fourth-order valence-electron chi connectivity index (χ4n) is 4.78. The van der Waals surface area contributed by atoms with Crippen molar-refractivity contribution in [3.05, 3.63) is 29.3 Å². The number of nitrogens with one attached hydrogen (secondary N) is 2. The fraction of sp³-hybridized carbons (Fsp3) is 0.556. The van der Waals surface area contributed by atoms with Crippen LogP contribution in [0, 0.1) is 0 Å². The highest BCUT2D eigenvalue weighted by atomic mass is 32.1. The molecule has 2 unspecified atom stereocenters. The van der Waals surface area contributed by atoms with Crippen LogP contribution in [0.5, 0.6) is 0 Å². The molecule has 1 aromatic carbocycles. The van der Waals surface area contributed by atoms with E-state index < -0.39 is 0 Å². The van der Waals surface area contributed by atoms with Crippen LogP contribution in [-0.4, -0.2) is 47.9 Å². The first-order chi connectivity index (χ1) is 12.1. The van der Waals surface area contributed by atoms with Crippen LogP contribution in [0.2, 0.25) is 0 Å². The number of thiol groups is 1. The van der Waals surface area contributed by atoms with Crippen molar-refractivity contribution in [3.8, 4) is 0 Å². The Labute approximate surface area is 152 Å². The van der Waals surface area contributed by atoms with Gasteiger partial charge in [-0.15, -0.1) is 0 Å². The zero-order valence-electron chi connectivity index (χ0n) is 13.9. The van der Waals surface area contributed by atoms with Crippen molar-refractivity contribution in [3.63, 3.8) is 0 Å². The lowest BCUT2D eigenvalue weighted by atomic mass is 10.0. The SMILES string of the molecule is O=C1CCC(N2Cc3cc(N4C[C@@H]5C[C@H]4CN5)ccc3C2S)C(=O)N1. The van der Waals surface area contributed by atoms with Crippen molar-refractivity contribution >= 4 is 30.1 Å². The number of fused-ring (bicyclic) bond motifs is 3. The van der Waals surface area contributed by atoms with Gasteiger partial charge in [-0.05, 0) is 36.1 Å². The fourth-order valence-corrected chi connectivity index (χ4v) is 5.27. The lowest BCUT2D eigenvalue weighted by molar-refractivity contribution is -0.137. The Morgan fingerprint density at radius 2 is 2.12 bits per heavy atom. The molecule has 4 aliphatic rings. The molecule has 2 bridgehead atoms. The van der Waals surface area contributed by atoms with Crippen molar-refractivity contribution < 1.29 is 9.59 Å². The van der Waals surface area contributed by atoms with Crippen LogP contribution in [0.4, 0.5) is 5.69 Å². The first kappa shape index (κ1) is 15.7. The number of nitrogens with zero attached hydrogens (tertiary/aromatic N) is 2. The van der Waals surface area contributed by atoms with E-state index in [1.54, 1.807) is 0 Å². The Kier molecular flexibility index (Phi) is 3.59. The molecule has 7 heteroatoms. The van der Waals surface area contributed by atoms with Crippen LogP contribution in [0.25, 0.3) is 0 Å². The van der Waals surface area contributed by atoms with Gasteiger partial charge in [0, 0.05) is 43.8 Å². The van der Waals surface area contributed by atoms with E-state index >= 15 is 0 Å². The third-order valence-electron chi connectivity index (χ3n) is 6.07. The van der Waals surface area contributed by atoms with Gasteiger partial charge in [0.25, 0.3) is 0 Å². The molecular formula is C18H22N4O2S. The summed E-state index contributed by atoms with van der Waals surface area (Å²) in [6.45, 7) is 2.85. The maximum Gasteiger partial charge on any atom is 0.243 e. The third kappa shape index (κ3) is 2.48. The summed E-state index contributed by atoms with van der Waals surface area (Å²) in [5, 5.41) is 5.91. The Bertz CT molecular complexity index is 755. The molecule has 4 aliphatic heterocycles. The van der Waals surface area contributed by atoms with Crippen LogP contribution in [0.1, 0.15) is 35.8 Å². The van der Waals surface area contributed by atoms with Gasteiger partial charge in [0.2, 0.25) is 11.8 Å². The highest BCUT2D eigenvalue weighted by Gasteiger charge is 2.41. The third-order valence-corrected chi connectivity index (χ3v) is 6.65. The van der Waals surface area contributed by atoms with Gasteiger partial charge in [-0.3, -0.25) is 19.8 Å². The largest absolute Gasteiger partial charge is 0.366 e. The van der Waals surface area contributed by atoms with Crippen LogP contribution in [0.15, 0.2) is 18.2 Å². The summed E-state index contributed by atoms with van der Waals surface area (Å²) in [4.78, 5) is 28.2. The summed E-state index contributed by atoms with van der Waals surface area (Å²) in [5.41, 5.74) is 3.70. The number of piperidine rings is 1. The molecule has 2 amide bonds. The van der Waals surface area contributed by atoms with Crippen molar-refractivity contribution in [2.24, 2.45) is 0 Å². The Balaban J connectivity index is 1.38. The number of amides is 2. The second-order valence-corrected chi connectivity index (χ2v) is 8.03. The lowest BCUT2D eigenvalue weighted by Crippen LogP contribution is -2.51. The molecule has 0 saturated carbocycles. The summed E-state index contributed by atoms with van der Waals surface area (Å²) >= 11 is 4.76. The van der Waals surface area contributed by atoms with E-state index in [1.165, 1.54) is 23.2 Å².